The minimum atomic E-state index is -0.502. The lowest BCUT2D eigenvalue weighted by Gasteiger charge is -2.17. The largest absolute Gasteiger partial charge is 0.325 e. The number of hydrogen-bond acceptors (Lipinski definition) is 6. The number of aryl methyl sites for hydroxylation is 2. The van der Waals surface area contributed by atoms with Crippen LogP contribution in [0.15, 0.2) is 29.1 Å². The van der Waals surface area contributed by atoms with Gasteiger partial charge in [-0.2, -0.15) is 0 Å². The van der Waals surface area contributed by atoms with Gasteiger partial charge < -0.3 is 5.32 Å². The molecule has 29 heavy (non-hydrogen) atoms. The maximum atomic E-state index is 13.1. The Morgan fingerprint density at radius 2 is 2.10 bits per heavy atom. The molecular formula is C20H20N4O4S. The van der Waals surface area contributed by atoms with Crippen molar-refractivity contribution in [3.05, 3.63) is 61.0 Å². The Morgan fingerprint density at radius 3 is 2.79 bits per heavy atom. The number of carbonyl (C=O) groups excluding carboxylic acids is 1. The van der Waals surface area contributed by atoms with Gasteiger partial charge in [-0.1, -0.05) is 6.92 Å². The quantitative estimate of drug-likeness (QED) is 0.522. The van der Waals surface area contributed by atoms with E-state index < -0.39 is 4.92 Å². The van der Waals surface area contributed by atoms with Gasteiger partial charge in [0.05, 0.1) is 10.3 Å². The molecule has 150 valence electrons. The highest BCUT2D eigenvalue weighted by Crippen LogP contribution is 2.35. The number of anilines is 1. The summed E-state index contributed by atoms with van der Waals surface area (Å²) in [5, 5.41) is 14.0. The summed E-state index contributed by atoms with van der Waals surface area (Å²) in [6.07, 6.45) is 2.88. The van der Waals surface area contributed by atoms with Gasteiger partial charge in [-0.05, 0) is 49.8 Å². The summed E-state index contributed by atoms with van der Waals surface area (Å²) in [4.78, 5) is 42.4. The molecule has 1 aliphatic carbocycles. The molecule has 1 aliphatic rings. The third-order valence-corrected chi connectivity index (χ3v) is 6.42. The fourth-order valence-corrected chi connectivity index (χ4v) is 5.14. The van der Waals surface area contributed by atoms with Crippen molar-refractivity contribution < 1.29 is 9.72 Å². The monoisotopic (exact) mass is 412 g/mol. The van der Waals surface area contributed by atoms with Crippen LogP contribution in [0.1, 0.15) is 29.6 Å². The molecule has 0 bridgehead atoms. The third kappa shape index (κ3) is 3.65. The number of carbonyl (C=O) groups is 1. The summed E-state index contributed by atoms with van der Waals surface area (Å²) >= 11 is 1.59. The van der Waals surface area contributed by atoms with Crippen molar-refractivity contribution in [1.29, 1.82) is 0 Å². The first-order valence-electron chi connectivity index (χ1n) is 9.39. The molecule has 0 saturated heterocycles. The molecule has 1 atom stereocenters. The molecule has 1 N–H and O–H groups in total. The molecular weight excluding hydrogens is 392 g/mol. The predicted molar refractivity (Wildman–Crippen MR) is 112 cm³/mol. The number of fused-ring (bicyclic) bond motifs is 3. The van der Waals surface area contributed by atoms with Crippen LogP contribution in [0.25, 0.3) is 10.2 Å². The van der Waals surface area contributed by atoms with E-state index in [4.69, 9.17) is 0 Å². The molecule has 0 radical (unpaired) electrons. The Labute approximate surface area is 170 Å². The van der Waals surface area contributed by atoms with Gasteiger partial charge in [0.1, 0.15) is 17.2 Å². The highest BCUT2D eigenvalue weighted by atomic mass is 32.1. The number of nitrogens with zero attached hydrogens (tertiary/aromatic N) is 3. The van der Waals surface area contributed by atoms with E-state index in [2.05, 4.69) is 17.2 Å². The lowest BCUT2D eigenvalue weighted by molar-refractivity contribution is -0.384. The van der Waals surface area contributed by atoms with E-state index in [1.54, 1.807) is 18.3 Å². The number of aromatic nitrogens is 2. The van der Waals surface area contributed by atoms with E-state index in [1.165, 1.54) is 33.7 Å². The van der Waals surface area contributed by atoms with Crippen LogP contribution in [-0.4, -0.2) is 20.4 Å². The smallest absolute Gasteiger partial charge is 0.269 e. The van der Waals surface area contributed by atoms with Gasteiger partial charge in [-0.25, -0.2) is 4.98 Å². The van der Waals surface area contributed by atoms with Crippen LogP contribution in [0, 0.1) is 23.0 Å². The number of benzene rings is 1. The number of non-ortho nitro benzene ring substituents is 1. The lowest BCUT2D eigenvalue weighted by Crippen LogP contribution is -2.30. The summed E-state index contributed by atoms with van der Waals surface area (Å²) in [5.74, 6) is 0.710. The number of hydrogen-bond donors (Lipinski definition) is 1. The fraction of sp³-hybridized carbons (Fsp3) is 0.350. The first-order valence-corrected chi connectivity index (χ1v) is 10.2. The number of thiophene rings is 1. The normalized spacial score (nSPS) is 15.9. The maximum absolute atomic E-state index is 13.1. The van der Waals surface area contributed by atoms with Crippen molar-refractivity contribution >= 4 is 38.8 Å². The molecule has 0 saturated carbocycles. The first kappa shape index (κ1) is 19.3. The number of amides is 1. The SMILES string of the molecule is Cc1nc2sc3c(c2c(=O)n1CC(=O)Nc1ccc([N+](=O)[O-])cc1)CCC(C)C3. The second kappa shape index (κ2) is 7.40. The maximum Gasteiger partial charge on any atom is 0.269 e. The van der Waals surface area contributed by atoms with Crippen LogP contribution < -0.4 is 10.9 Å². The van der Waals surface area contributed by atoms with E-state index in [0.717, 1.165) is 29.7 Å². The molecule has 1 amide bonds. The minimum Gasteiger partial charge on any atom is -0.325 e. The van der Waals surface area contributed by atoms with Crippen LogP contribution in [0.5, 0.6) is 0 Å². The van der Waals surface area contributed by atoms with E-state index in [1.807, 2.05) is 0 Å². The summed E-state index contributed by atoms with van der Waals surface area (Å²) in [6.45, 7) is 3.78. The molecule has 0 aliphatic heterocycles. The number of rotatable bonds is 4. The molecule has 9 heteroatoms. The van der Waals surface area contributed by atoms with Gasteiger partial charge in [0.15, 0.2) is 0 Å². The number of nitro groups is 1. The molecule has 0 spiro atoms. The van der Waals surface area contributed by atoms with Crippen molar-refractivity contribution in [1.82, 2.24) is 9.55 Å². The summed E-state index contributed by atoms with van der Waals surface area (Å²) in [6, 6.07) is 5.56. The highest BCUT2D eigenvalue weighted by Gasteiger charge is 2.24. The summed E-state index contributed by atoms with van der Waals surface area (Å²) in [7, 11) is 0. The Balaban J connectivity index is 1.61. The number of nitro benzene ring substituents is 1. The van der Waals surface area contributed by atoms with Gasteiger partial charge >= 0.3 is 0 Å². The third-order valence-electron chi connectivity index (χ3n) is 5.27. The molecule has 4 rings (SSSR count). The molecule has 2 aromatic heterocycles. The van der Waals surface area contributed by atoms with Crippen LogP contribution in [0.4, 0.5) is 11.4 Å². The first-order chi connectivity index (χ1) is 13.8. The lowest BCUT2D eigenvalue weighted by atomic mass is 9.89. The average molecular weight is 412 g/mol. The van der Waals surface area contributed by atoms with Crippen LogP contribution in [-0.2, 0) is 24.2 Å². The van der Waals surface area contributed by atoms with E-state index in [9.17, 15) is 19.7 Å². The standard InChI is InChI=1S/C20H20N4O4S/c1-11-3-8-15-16(9-11)29-19-18(15)20(26)23(12(2)21-19)10-17(25)22-13-4-6-14(7-5-13)24(27)28/h4-7,11H,3,8-10H2,1-2H3,(H,22,25). The van der Waals surface area contributed by atoms with Crippen LogP contribution in [0.2, 0.25) is 0 Å². The van der Waals surface area contributed by atoms with Crippen molar-refractivity contribution in [2.45, 2.75) is 39.7 Å². The van der Waals surface area contributed by atoms with Crippen molar-refractivity contribution in [2.24, 2.45) is 5.92 Å². The zero-order valence-corrected chi connectivity index (χ0v) is 16.9. The van der Waals surface area contributed by atoms with Crippen molar-refractivity contribution in [3.8, 4) is 0 Å². The van der Waals surface area contributed by atoms with Gasteiger partial charge in [-0.15, -0.1) is 11.3 Å². The topological polar surface area (TPSA) is 107 Å². The number of nitrogens with one attached hydrogen (secondary N) is 1. The Kier molecular flexibility index (Phi) is 4.91. The van der Waals surface area contributed by atoms with E-state index in [-0.39, 0.29) is 23.7 Å². The van der Waals surface area contributed by atoms with Gasteiger partial charge in [0.25, 0.3) is 11.2 Å². The van der Waals surface area contributed by atoms with Gasteiger partial charge in [0, 0.05) is 22.7 Å². The predicted octanol–water partition coefficient (Wildman–Crippen LogP) is 3.44. The fourth-order valence-electron chi connectivity index (χ4n) is 3.72. The van der Waals surface area contributed by atoms with E-state index >= 15 is 0 Å². The molecule has 2 heterocycles. The van der Waals surface area contributed by atoms with Gasteiger partial charge in [0.2, 0.25) is 5.91 Å². The average Bonchev–Trinajstić information content (AvgIpc) is 3.02. The van der Waals surface area contributed by atoms with Crippen molar-refractivity contribution in [2.75, 3.05) is 5.32 Å². The zero-order chi connectivity index (χ0) is 20.7. The molecule has 1 aromatic carbocycles. The molecule has 0 fully saturated rings. The Hall–Kier alpha value is -3.07. The second-order valence-electron chi connectivity index (χ2n) is 7.43. The molecule has 8 nitrogen and oxygen atoms in total. The van der Waals surface area contributed by atoms with Crippen LogP contribution in [0.3, 0.4) is 0 Å². The van der Waals surface area contributed by atoms with Gasteiger partial charge in [-0.3, -0.25) is 24.3 Å². The van der Waals surface area contributed by atoms with Crippen molar-refractivity contribution in [3.63, 3.8) is 0 Å². The second-order valence-corrected chi connectivity index (χ2v) is 8.52. The van der Waals surface area contributed by atoms with E-state index in [0.29, 0.717) is 22.8 Å². The highest BCUT2D eigenvalue weighted by molar-refractivity contribution is 7.18. The molecule has 1 unspecified atom stereocenters. The Bertz CT molecular complexity index is 1180. The molecule has 3 aromatic rings. The summed E-state index contributed by atoms with van der Waals surface area (Å²) in [5.41, 5.74) is 1.28. The summed E-state index contributed by atoms with van der Waals surface area (Å²) < 4.78 is 1.40. The Morgan fingerprint density at radius 1 is 1.38 bits per heavy atom. The zero-order valence-electron chi connectivity index (χ0n) is 16.1. The van der Waals surface area contributed by atoms with Crippen LogP contribution >= 0.6 is 11.3 Å². The minimum absolute atomic E-state index is 0.0544.